The minimum absolute atomic E-state index is 0.218. The lowest BCUT2D eigenvalue weighted by Crippen LogP contribution is -2.39. The van der Waals surface area contributed by atoms with Gasteiger partial charge in [0.2, 0.25) is 0 Å². The van der Waals surface area contributed by atoms with Crippen molar-refractivity contribution >= 4 is 21.8 Å². The lowest BCUT2D eigenvalue weighted by Gasteiger charge is -2.21. The van der Waals surface area contributed by atoms with Crippen LogP contribution in [-0.2, 0) is 14.8 Å². The van der Waals surface area contributed by atoms with Crippen molar-refractivity contribution in [2.75, 3.05) is 0 Å². The van der Waals surface area contributed by atoms with Crippen LogP contribution < -0.4 is 0 Å². The highest BCUT2D eigenvalue weighted by molar-refractivity contribution is 7.89. The monoisotopic (exact) mass is 340 g/mol. The number of sulfonamides is 1. The van der Waals surface area contributed by atoms with Gasteiger partial charge in [-0.05, 0) is 18.6 Å². The van der Waals surface area contributed by atoms with E-state index in [9.17, 15) is 23.3 Å². The Labute approximate surface area is 133 Å². The third kappa shape index (κ3) is 3.04. The molecule has 2 atom stereocenters. The number of carbonyl (C=O) groups excluding carboxylic acids is 1. The lowest BCUT2D eigenvalue weighted by molar-refractivity contribution is -0.384. The molecular weight excluding hydrogens is 324 g/mol. The Morgan fingerprint density at radius 1 is 1.39 bits per heavy atom. The first-order valence-electron chi connectivity index (χ1n) is 6.95. The van der Waals surface area contributed by atoms with Crippen LogP contribution in [0.1, 0.15) is 19.8 Å². The van der Waals surface area contributed by atoms with E-state index in [4.69, 9.17) is 4.74 Å². The number of nitrogens with zero attached hydrogens (tertiary/aromatic N) is 2. The van der Waals surface area contributed by atoms with E-state index in [-0.39, 0.29) is 10.6 Å². The second-order valence-electron chi connectivity index (χ2n) is 4.99. The average Bonchev–Trinajstić information content (AvgIpc) is 2.83. The van der Waals surface area contributed by atoms with Crippen molar-refractivity contribution < 1.29 is 22.9 Å². The van der Waals surface area contributed by atoms with Crippen molar-refractivity contribution in [2.24, 2.45) is 0 Å². The van der Waals surface area contributed by atoms with Gasteiger partial charge in [-0.3, -0.25) is 10.1 Å². The normalized spacial score (nSPS) is 21.1. The summed E-state index contributed by atoms with van der Waals surface area (Å²) in [6.07, 6.45) is 1.03. The Kier molecular flexibility index (Phi) is 4.69. The number of hydrogen-bond acceptors (Lipinski definition) is 6. The SMILES string of the molecule is C=C[C@H]1[C@H](CCC)OC(=O)N1S(=O)(=O)c1ccc([N+](=O)[O-])cc1. The minimum atomic E-state index is -4.18. The number of nitro benzene ring substituents is 1. The van der Waals surface area contributed by atoms with E-state index in [1.165, 1.54) is 6.08 Å². The number of ether oxygens (including phenoxy) is 1. The van der Waals surface area contributed by atoms with Gasteiger partial charge in [0.1, 0.15) is 12.1 Å². The summed E-state index contributed by atoms with van der Waals surface area (Å²) in [7, 11) is -4.18. The number of nitro groups is 1. The van der Waals surface area contributed by atoms with Crippen molar-refractivity contribution in [3.05, 3.63) is 47.0 Å². The summed E-state index contributed by atoms with van der Waals surface area (Å²) in [4.78, 5) is 21.8. The Bertz CT molecular complexity index is 728. The van der Waals surface area contributed by atoms with Crippen LogP contribution in [0.2, 0.25) is 0 Å². The molecule has 1 saturated heterocycles. The van der Waals surface area contributed by atoms with E-state index in [1.54, 1.807) is 0 Å². The molecule has 0 N–H and O–H groups in total. The second kappa shape index (κ2) is 6.37. The summed E-state index contributed by atoms with van der Waals surface area (Å²) in [5, 5.41) is 10.6. The molecule has 1 amide bonds. The summed E-state index contributed by atoms with van der Waals surface area (Å²) in [6, 6.07) is 3.52. The number of amides is 1. The van der Waals surface area contributed by atoms with Crippen molar-refractivity contribution in [3.63, 3.8) is 0 Å². The van der Waals surface area contributed by atoms with E-state index in [0.29, 0.717) is 17.1 Å². The van der Waals surface area contributed by atoms with Gasteiger partial charge < -0.3 is 4.74 Å². The molecule has 2 rings (SSSR count). The number of non-ortho nitro benzene ring substituents is 1. The molecule has 1 heterocycles. The average molecular weight is 340 g/mol. The van der Waals surface area contributed by atoms with E-state index < -0.39 is 33.2 Å². The molecule has 1 fully saturated rings. The predicted molar refractivity (Wildman–Crippen MR) is 81.3 cm³/mol. The number of hydrogen-bond donors (Lipinski definition) is 0. The zero-order valence-electron chi connectivity index (χ0n) is 12.4. The summed E-state index contributed by atoms with van der Waals surface area (Å²) >= 11 is 0. The maximum Gasteiger partial charge on any atom is 0.424 e. The molecule has 0 aromatic heterocycles. The van der Waals surface area contributed by atoms with Crippen LogP contribution in [0.25, 0.3) is 0 Å². The molecule has 1 aliphatic rings. The predicted octanol–water partition coefficient (Wildman–Crippen LogP) is 2.46. The molecule has 0 spiro atoms. The van der Waals surface area contributed by atoms with Gasteiger partial charge >= 0.3 is 6.09 Å². The van der Waals surface area contributed by atoms with Crippen LogP contribution in [0, 0.1) is 10.1 Å². The number of benzene rings is 1. The molecule has 9 heteroatoms. The highest BCUT2D eigenvalue weighted by Gasteiger charge is 2.46. The standard InChI is InChI=1S/C14H16N2O6S/c1-3-5-13-12(4-2)15(14(17)22-13)23(20,21)11-8-6-10(7-9-11)16(18)19/h4,6-9,12-13H,2-3,5H2,1H3/t12-,13-/m0/s1. The first-order valence-corrected chi connectivity index (χ1v) is 8.39. The largest absolute Gasteiger partial charge is 0.443 e. The van der Waals surface area contributed by atoms with Gasteiger partial charge in [-0.25, -0.2) is 13.2 Å². The lowest BCUT2D eigenvalue weighted by atomic mass is 10.1. The summed E-state index contributed by atoms with van der Waals surface area (Å²) in [6.45, 7) is 5.47. The topological polar surface area (TPSA) is 107 Å². The van der Waals surface area contributed by atoms with Crippen LogP contribution in [-0.4, -0.2) is 35.9 Å². The zero-order chi connectivity index (χ0) is 17.2. The van der Waals surface area contributed by atoms with Gasteiger partial charge in [0.15, 0.2) is 0 Å². The summed E-state index contributed by atoms with van der Waals surface area (Å²) in [5.74, 6) is 0. The molecule has 1 aromatic carbocycles. The van der Waals surface area contributed by atoms with Gasteiger partial charge in [-0.1, -0.05) is 19.4 Å². The Morgan fingerprint density at radius 2 is 2.00 bits per heavy atom. The summed E-state index contributed by atoms with van der Waals surface area (Å²) < 4.78 is 31.1. The van der Waals surface area contributed by atoms with Crippen molar-refractivity contribution in [3.8, 4) is 0 Å². The van der Waals surface area contributed by atoms with Crippen molar-refractivity contribution in [2.45, 2.75) is 36.8 Å². The minimum Gasteiger partial charge on any atom is -0.443 e. The molecule has 8 nitrogen and oxygen atoms in total. The van der Waals surface area contributed by atoms with E-state index in [0.717, 1.165) is 24.3 Å². The molecule has 1 aromatic rings. The van der Waals surface area contributed by atoms with Crippen LogP contribution in [0.15, 0.2) is 41.8 Å². The Balaban J connectivity index is 2.39. The fourth-order valence-electron chi connectivity index (χ4n) is 2.40. The third-order valence-electron chi connectivity index (χ3n) is 3.50. The van der Waals surface area contributed by atoms with Crippen LogP contribution in [0.5, 0.6) is 0 Å². The zero-order valence-corrected chi connectivity index (χ0v) is 13.2. The number of cyclic esters (lactones) is 1. The summed E-state index contributed by atoms with van der Waals surface area (Å²) in [5.41, 5.74) is -0.239. The van der Waals surface area contributed by atoms with Gasteiger partial charge in [0, 0.05) is 12.1 Å². The molecule has 23 heavy (non-hydrogen) atoms. The van der Waals surface area contributed by atoms with E-state index in [2.05, 4.69) is 6.58 Å². The fraction of sp³-hybridized carbons (Fsp3) is 0.357. The van der Waals surface area contributed by atoms with Gasteiger partial charge in [0.05, 0.1) is 9.82 Å². The van der Waals surface area contributed by atoms with Crippen LogP contribution >= 0.6 is 0 Å². The van der Waals surface area contributed by atoms with Crippen molar-refractivity contribution in [1.29, 1.82) is 0 Å². The first-order chi connectivity index (χ1) is 10.8. The molecule has 0 aliphatic carbocycles. The van der Waals surface area contributed by atoms with Crippen molar-refractivity contribution in [1.82, 2.24) is 4.31 Å². The van der Waals surface area contributed by atoms with Crippen LogP contribution in [0.4, 0.5) is 10.5 Å². The number of rotatable bonds is 6. The van der Waals surface area contributed by atoms with Crippen LogP contribution in [0.3, 0.4) is 0 Å². The number of carbonyl (C=O) groups is 1. The third-order valence-corrected chi connectivity index (χ3v) is 5.28. The van der Waals surface area contributed by atoms with Gasteiger partial charge in [-0.15, -0.1) is 6.58 Å². The Morgan fingerprint density at radius 3 is 2.48 bits per heavy atom. The fourth-order valence-corrected chi connectivity index (χ4v) is 3.89. The Hall–Kier alpha value is -2.42. The van der Waals surface area contributed by atoms with E-state index >= 15 is 0 Å². The molecule has 124 valence electrons. The maximum atomic E-state index is 12.7. The first kappa shape index (κ1) is 16.9. The molecular formula is C14H16N2O6S. The molecule has 0 unspecified atom stereocenters. The smallest absolute Gasteiger partial charge is 0.424 e. The molecule has 0 radical (unpaired) electrons. The second-order valence-corrected chi connectivity index (χ2v) is 6.80. The quantitative estimate of drug-likeness (QED) is 0.447. The highest BCUT2D eigenvalue weighted by Crippen LogP contribution is 2.30. The molecule has 0 saturated carbocycles. The van der Waals surface area contributed by atoms with Gasteiger partial charge in [0.25, 0.3) is 15.7 Å². The highest BCUT2D eigenvalue weighted by atomic mass is 32.2. The molecule has 0 bridgehead atoms. The van der Waals surface area contributed by atoms with Gasteiger partial charge in [-0.2, -0.15) is 4.31 Å². The maximum absolute atomic E-state index is 12.7. The molecule has 1 aliphatic heterocycles. The van der Waals surface area contributed by atoms with E-state index in [1.807, 2.05) is 6.92 Å².